The molecule has 4 rings (SSSR count). The van der Waals surface area contributed by atoms with Gasteiger partial charge in [-0.05, 0) is 50.8 Å². The molecule has 3 heterocycles. The number of carbonyl (C=O) groups excluding carboxylic acids is 1. The fourth-order valence-corrected chi connectivity index (χ4v) is 4.19. The van der Waals surface area contributed by atoms with Crippen LogP contribution in [-0.2, 0) is 11.2 Å². The summed E-state index contributed by atoms with van der Waals surface area (Å²) in [4.78, 5) is 21.5. The Morgan fingerprint density at radius 3 is 2.78 bits per heavy atom. The number of amides is 1. The summed E-state index contributed by atoms with van der Waals surface area (Å²) in [5.74, 6) is 0.146. The molecule has 0 unspecified atom stereocenters. The first-order valence-electron chi connectivity index (χ1n) is 10.0. The van der Waals surface area contributed by atoms with Gasteiger partial charge in [0.2, 0.25) is 5.91 Å². The molecule has 3 aromatic heterocycles. The highest BCUT2D eigenvalue weighted by Gasteiger charge is 2.17. The molecule has 142 valence electrons. The molecule has 1 amide bonds. The van der Waals surface area contributed by atoms with Gasteiger partial charge >= 0.3 is 0 Å². The minimum atomic E-state index is 0.146. The number of nitrogens with zero attached hydrogens (tertiary/aromatic N) is 4. The maximum Gasteiger partial charge on any atom is 0.220 e. The van der Waals surface area contributed by atoms with Gasteiger partial charge < -0.3 is 5.32 Å². The van der Waals surface area contributed by atoms with E-state index >= 15 is 0 Å². The summed E-state index contributed by atoms with van der Waals surface area (Å²) >= 11 is 0. The van der Waals surface area contributed by atoms with Gasteiger partial charge in [0.15, 0.2) is 11.3 Å². The van der Waals surface area contributed by atoms with Crippen LogP contribution in [0.5, 0.6) is 0 Å². The van der Waals surface area contributed by atoms with Crippen molar-refractivity contribution in [2.45, 2.75) is 71.3 Å². The Morgan fingerprint density at radius 2 is 2.00 bits per heavy atom. The lowest BCUT2D eigenvalue weighted by atomic mass is 10.0. The van der Waals surface area contributed by atoms with Gasteiger partial charge in [0.05, 0.1) is 5.39 Å². The van der Waals surface area contributed by atoms with E-state index in [-0.39, 0.29) is 5.91 Å². The monoisotopic (exact) mass is 365 g/mol. The highest BCUT2D eigenvalue weighted by molar-refractivity contribution is 5.89. The molecular formula is C21H27N5O. The molecule has 1 fully saturated rings. The molecule has 0 radical (unpaired) electrons. The summed E-state index contributed by atoms with van der Waals surface area (Å²) in [6, 6.07) is 4.25. The average molecular weight is 365 g/mol. The molecule has 6 nitrogen and oxygen atoms in total. The van der Waals surface area contributed by atoms with E-state index < -0.39 is 0 Å². The van der Waals surface area contributed by atoms with Crippen molar-refractivity contribution in [3.8, 4) is 0 Å². The van der Waals surface area contributed by atoms with Crippen LogP contribution in [-0.4, -0.2) is 31.5 Å². The number of nitrogens with one attached hydrogen (secondary N) is 1. The maximum absolute atomic E-state index is 12.5. The second-order valence-electron chi connectivity index (χ2n) is 7.63. The SMILES string of the molecule is Cc1nc2c3cccnc3nn2c(C)c1CCC(=O)NC1CCCCCC1. The first-order chi connectivity index (χ1) is 13.1. The predicted octanol–water partition coefficient (Wildman–Crippen LogP) is 3.67. The topological polar surface area (TPSA) is 72.2 Å². The fourth-order valence-electron chi connectivity index (χ4n) is 4.19. The summed E-state index contributed by atoms with van der Waals surface area (Å²) < 4.78 is 1.86. The van der Waals surface area contributed by atoms with Crippen molar-refractivity contribution in [2.24, 2.45) is 0 Å². The molecule has 0 aromatic carbocycles. The molecular weight excluding hydrogens is 338 g/mol. The van der Waals surface area contributed by atoms with E-state index in [9.17, 15) is 4.79 Å². The van der Waals surface area contributed by atoms with Gasteiger partial charge in [-0.3, -0.25) is 4.79 Å². The number of carbonyl (C=O) groups is 1. The van der Waals surface area contributed by atoms with Crippen molar-refractivity contribution in [3.63, 3.8) is 0 Å². The van der Waals surface area contributed by atoms with Crippen LogP contribution in [0.3, 0.4) is 0 Å². The molecule has 6 heteroatoms. The third-order valence-electron chi connectivity index (χ3n) is 5.71. The summed E-state index contributed by atoms with van der Waals surface area (Å²) in [6.07, 6.45) is 10.2. The fraction of sp³-hybridized carbons (Fsp3) is 0.524. The lowest BCUT2D eigenvalue weighted by Crippen LogP contribution is -2.34. The normalized spacial score (nSPS) is 15.9. The van der Waals surface area contributed by atoms with Crippen LogP contribution in [0.25, 0.3) is 16.7 Å². The van der Waals surface area contributed by atoms with E-state index in [4.69, 9.17) is 4.98 Å². The lowest BCUT2D eigenvalue weighted by molar-refractivity contribution is -0.121. The highest BCUT2D eigenvalue weighted by Crippen LogP contribution is 2.22. The van der Waals surface area contributed by atoms with Crippen LogP contribution in [0.4, 0.5) is 0 Å². The van der Waals surface area contributed by atoms with Crippen molar-refractivity contribution in [1.29, 1.82) is 0 Å². The van der Waals surface area contributed by atoms with Crippen LogP contribution in [0.15, 0.2) is 18.3 Å². The second kappa shape index (κ2) is 7.62. The Labute approximate surface area is 159 Å². The Hall–Kier alpha value is -2.50. The number of aryl methyl sites for hydroxylation is 2. The van der Waals surface area contributed by atoms with E-state index in [0.717, 1.165) is 40.8 Å². The van der Waals surface area contributed by atoms with Gasteiger partial charge in [-0.2, -0.15) is 0 Å². The van der Waals surface area contributed by atoms with E-state index in [0.29, 0.717) is 24.5 Å². The standard InChI is InChI=1S/C21H27N5O/c1-14-17(11-12-19(27)24-16-8-5-3-4-6-9-16)15(2)26-21(23-14)18-10-7-13-22-20(18)25-26/h7,10,13,16H,3-6,8-9,11-12H2,1-2H3,(H,24,27). The number of fused-ring (bicyclic) bond motifs is 3. The molecule has 1 aliphatic rings. The Balaban J connectivity index is 1.51. The lowest BCUT2D eigenvalue weighted by Gasteiger charge is -2.17. The Morgan fingerprint density at radius 1 is 1.22 bits per heavy atom. The Bertz CT molecular complexity index is 970. The van der Waals surface area contributed by atoms with Crippen molar-refractivity contribution in [2.75, 3.05) is 0 Å². The molecule has 0 atom stereocenters. The van der Waals surface area contributed by atoms with E-state index in [2.05, 4.69) is 15.4 Å². The van der Waals surface area contributed by atoms with Crippen molar-refractivity contribution >= 4 is 22.6 Å². The summed E-state index contributed by atoms with van der Waals surface area (Å²) in [5.41, 5.74) is 4.65. The van der Waals surface area contributed by atoms with Gasteiger partial charge in [-0.15, -0.1) is 5.10 Å². The maximum atomic E-state index is 12.5. The molecule has 1 saturated carbocycles. The third kappa shape index (κ3) is 3.66. The minimum Gasteiger partial charge on any atom is -0.353 e. The molecule has 27 heavy (non-hydrogen) atoms. The third-order valence-corrected chi connectivity index (χ3v) is 5.71. The van der Waals surface area contributed by atoms with Crippen LogP contribution in [0.2, 0.25) is 0 Å². The quantitative estimate of drug-likeness (QED) is 0.716. The molecule has 0 spiro atoms. The van der Waals surface area contributed by atoms with Crippen molar-refractivity contribution in [1.82, 2.24) is 24.9 Å². The van der Waals surface area contributed by atoms with Gasteiger partial charge in [-0.1, -0.05) is 25.7 Å². The summed E-state index contributed by atoms with van der Waals surface area (Å²) in [7, 11) is 0. The largest absolute Gasteiger partial charge is 0.353 e. The Kier molecular flexibility index (Phi) is 5.05. The number of hydrogen-bond donors (Lipinski definition) is 1. The van der Waals surface area contributed by atoms with Crippen molar-refractivity contribution < 1.29 is 4.79 Å². The zero-order valence-electron chi connectivity index (χ0n) is 16.2. The average Bonchev–Trinajstić information content (AvgIpc) is 2.83. The van der Waals surface area contributed by atoms with Gasteiger partial charge in [-0.25, -0.2) is 14.5 Å². The zero-order chi connectivity index (χ0) is 18.8. The molecule has 3 aromatic rings. The molecule has 1 aliphatic carbocycles. The zero-order valence-corrected chi connectivity index (χ0v) is 16.2. The number of hydrogen-bond acceptors (Lipinski definition) is 4. The van der Waals surface area contributed by atoms with Gasteiger partial charge in [0, 0.05) is 30.0 Å². The first kappa shape index (κ1) is 17.9. The summed E-state index contributed by atoms with van der Waals surface area (Å²) in [6.45, 7) is 4.06. The molecule has 1 N–H and O–H groups in total. The highest BCUT2D eigenvalue weighted by atomic mass is 16.1. The van der Waals surface area contributed by atoms with Crippen LogP contribution >= 0.6 is 0 Å². The number of aromatic nitrogens is 4. The second-order valence-corrected chi connectivity index (χ2v) is 7.63. The van der Waals surface area contributed by atoms with E-state index in [1.165, 1.54) is 25.7 Å². The number of rotatable bonds is 4. The smallest absolute Gasteiger partial charge is 0.220 e. The minimum absolute atomic E-state index is 0.146. The van der Waals surface area contributed by atoms with E-state index in [1.54, 1.807) is 6.20 Å². The first-order valence-corrected chi connectivity index (χ1v) is 10.0. The van der Waals surface area contributed by atoms with Gasteiger partial charge in [0.1, 0.15) is 0 Å². The van der Waals surface area contributed by atoms with Gasteiger partial charge in [0.25, 0.3) is 0 Å². The van der Waals surface area contributed by atoms with Crippen LogP contribution in [0, 0.1) is 13.8 Å². The van der Waals surface area contributed by atoms with Crippen LogP contribution in [0.1, 0.15) is 61.9 Å². The molecule has 0 aliphatic heterocycles. The number of pyridine rings is 1. The van der Waals surface area contributed by atoms with Crippen LogP contribution < -0.4 is 5.32 Å². The molecule has 0 saturated heterocycles. The predicted molar refractivity (Wildman–Crippen MR) is 106 cm³/mol. The summed E-state index contributed by atoms with van der Waals surface area (Å²) in [5, 5.41) is 8.78. The van der Waals surface area contributed by atoms with E-state index in [1.807, 2.05) is 30.5 Å². The van der Waals surface area contributed by atoms with Crippen molar-refractivity contribution in [3.05, 3.63) is 35.3 Å². The molecule has 0 bridgehead atoms.